The van der Waals surface area contributed by atoms with Crippen molar-refractivity contribution in [2.45, 2.75) is 51.1 Å². The number of H-pyrrole nitrogens is 1. The van der Waals surface area contributed by atoms with Crippen LogP contribution >= 0.6 is 0 Å². The Bertz CT molecular complexity index is 1150. The van der Waals surface area contributed by atoms with Crippen LogP contribution < -0.4 is 5.32 Å². The molecule has 2 N–H and O–H groups in total. The van der Waals surface area contributed by atoms with Gasteiger partial charge in [-0.05, 0) is 49.4 Å². The van der Waals surface area contributed by atoms with Crippen molar-refractivity contribution in [3.05, 3.63) is 65.1 Å². The third kappa shape index (κ3) is 3.84. The van der Waals surface area contributed by atoms with E-state index in [1.54, 1.807) is 6.92 Å². The predicted molar refractivity (Wildman–Crippen MR) is 119 cm³/mol. The smallest absolute Gasteiger partial charge is 0.325 e. The van der Waals surface area contributed by atoms with Crippen LogP contribution in [0.1, 0.15) is 54.4 Å². The van der Waals surface area contributed by atoms with E-state index >= 15 is 4.39 Å². The van der Waals surface area contributed by atoms with Gasteiger partial charge < -0.3 is 15.2 Å². The van der Waals surface area contributed by atoms with Crippen molar-refractivity contribution in [2.24, 2.45) is 0 Å². The normalized spacial score (nSPS) is 26.0. The number of alkyl halides is 3. The first kappa shape index (κ1) is 21.8. The van der Waals surface area contributed by atoms with Crippen LogP contribution in [0, 0.1) is 6.92 Å². The fraction of sp³-hybridized carbons (Fsp3) is 0.417. The van der Waals surface area contributed by atoms with Gasteiger partial charge in [0.05, 0.1) is 5.69 Å². The Balaban J connectivity index is 1.27. The summed E-state index contributed by atoms with van der Waals surface area (Å²) in [6, 6.07) is 10.6. The second-order valence-corrected chi connectivity index (χ2v) is 8.92. The number of hydrogen-bond donors (Lipinski definition) is 2. The molecule has 1 saturated heterocycles. The second kappa shape index (κ2) is 8.37. The zero-order valence-corrected chi connectivity index (χ0v) is 18.4. The lowest BCUT2D eigenvalue weighted by molar-refractivity contribution is -0.0532. The summed E-state index contributed by atoms with van der Waals surface area (Å²) in [5.41, 5.74) is 2.31. The number of aryl methyl sites for hydroxylation is 1. The summed E-state index contributed by atoms with van der Waals surface area (Å²) in [4.78, 5) is 22.0. The van der Waals surface area contributed by atoms with E-state index in [4.69, 9.17) is 0 Å². The van der Waals surface area contributed by atoms with Gasteiger partial charge in [-0.2, -0.15) is 0 Å². The van der Waals surface area contributed by atoms with Crippen LogP contribution in [0.25, 0.3) is 10.9 Å². The topological polar surface area (TPSA) is 64.3 Å². The third-order valence-electron chi connectivity index (χ3n) is 6.54. The fourth-order valence-corrected chi connectivity index (χ4v) is 4.78. The Morgan fingerprint density at radius 1 is 1.24 bits per heavy atom. The fourth-order valence-electron chi connectivity index (χ4n) is 4.78. The van der Waals surface area contributed by atoms with Crippen LogP contribution in [0.3, 0.4) is 0 Å². The number of carbonyl (C=O) groups is 1. The molecule has 2 aliphatic rings. The van der Waals surface area contributed by atoms with Crippen LogP contribution in [0.2, 0.25) is 0 Å². The number of para-hydroxylation sites is 1. The summed E-state index contributed by atoms with van der Waals surface area (Å²) in [7, 11) is 0. The number of halogens is 3. The molecule has 5 atom stereocenters. The van der Waals surface area contributed by atoms with Crippen molar-refractivity contribution in [2.75, 3.05) is 13.1 Å². The minimum absolute atomic E-state index is 0.00793. The summed E-state index contributed by atoms with van der Waals surface area (Å²) in [6.45, 7) is 4.33. The van der Waals surface area contributed by atoms with Crippen molar-refractivity contribution < 1.29 is 18.0 Å². The molecule has 5 rings (SSSR count). The maximum atomic E-state index is 15.2. The average Bonchev–Trinajstić information content (AvgIpc) is 3.44. The zero-order chi connectivity index (χ0) is 23.3. The van der Waals surface area contributed by atoms with E-state index in [9.17, 15) is 13.6 Å². The largest absolute Gasteiger partial charge is 0.357 e. The molecule has 5 unspecified atom stereocenters. The molecule has 174 valence electrons. The summed E-state index contributed by atoms with van der Waals surface area (Å²) < 4.78 is 44.7. The van der Waals surface area contributed by atoms with E-state index in [-0.39, 0.29) is 29.9 Å². The Morgan fingerprint density at radius 2 is 2.03 bits per heavy atom. The van der Waals surface area contributed by atoms with Gasteiger partial charge in [-0.25, -0.2) is 18.0 Å². The molecule has 0 spiro atoms. The third-order valence-corrected chi connectivity index (χ3v) is 6.54. The molecule has 1 fully saturated rings. The number of amides is 2. The first-order chi connectivity index (χ1) is 15.8. The van der Waals surface area contributed by atoms with Crippen molar-refractivity contribution in [3.8, 4) is 0 Å². The molecule has 3 aromatic rings. The van der Waals surface area contributed by atoms with E-state index in [1.807, 2.05) is 31.2 Å². The summed E-state index contributed by atoms with van der Waals surface area (Å²) in [5.74, 6) is 0. The maximum Gasteiger partial charge on any atom is 0.325 e. The van der Waals surface area contributed by atoms with E-state index in [1.165, 1.54) is 17.2 Å². The van der Waals surface area contributed by atoms with Crippen molar-refractivity contribution in [1.82, 2.24) is 25.1 Å². The van der Waals surface area contributed by atoms with Gasteiger partial charge in [0.1, 0.15) is 0 Å². The van der Waals surface area contributed by atoms with E-state index in [0.717, 1.165) is 16.6 Å². The molecule has 33 heavy (non-hydrogen) atoms. The SMILES string of the molecule is Cc1cnc2c(c1)C(F)N(C(=O)N1CCC(NC(C)c3cc4ccccc4[nH]3)C1)C(F)C2F. The summed E-state index contributed by atoms with van der Waals surface area (Å²) >= 11 is 0. The van der Waals surface area contributed by atoms with Crippen LogP contribution in [0.15, 0.2) is 42.6 Å². The Hall–Kier alpha value is -3.07. The number of urea groups is 1. The lowest BCUT2D eigenvalue weighted by Gasteiger charge is -2.38. The highest BCUT2D eigenvalue weighted by molar-refractivity contribution is 5.80. The lowest BCUT2D eigenvalue weighted by Crippen LogP contribution is -2.51. The van der Waals surface area contributed by atoms with E-state index in [2.05, 4.69) is 21.4 Å². The number of rotatable bonds is 3. The van der Waals surface area contributed by atoms with Crippen LogP contribution in [-0.4, -0.2) is 51.2 Å². The molecule has 0 radical (unpaired) electrons. The minimum Gasteiger partial charge on any atom is -0.357 e. The highest BCUT2D eigenvalue weighted by atomic mass is 19.2. The number of nitrogens with zero attached hydrogens (tertiary/aromatic N) is 3. The number of pyridine rings is 1. The van der Waals surface area contributed by atoms with Gasteiger partial charge in [-0.3, -0.25) is 9.88 Å². The Labute approximate surface area is 189 Å². The summed E-state index contributed by atoms with van der Waals surface area (Å²) in [5, 5.41) is 4.60. The van der Waals surface area contributed by atoms with Crippen molar-refractivity contribution in [3.63, 3.8) is 0 Å². The van der Waals surface area contributed by atoms with Gasteiger partial charge in [0.25, 0.3) is 0 Å². The molecule has 1 aromatic carbocycles. The molecular weight excluding hydrogens is 431 g/mol. The first-order valence-corrected chi connectivity index (χ1v) is 11.1. The number of hydrogen-bond acceptors (Lipinski definition) is 3. The van der Waals surface area contributed by atoms with Gasteiger partial charge in [0.2, 0.25) is 12.6 Å². The van der Waals surface area contributed by atoms with E-state index < -0.39 is 24.8 Å². The molecule has 9 heteroatoms. The van der Waals surface area contributed by atoms with Crippen LogP contribution in [0.4, 0.5) is 18.0 Å². The number of nitrogens with one attached hydrogen (secondary N) is 2. The zero-order valence-electron chi connectivity index (χ0n) is 18.4. The molecular formula is C24H26F3N5O. The molecule has 2 aliphatic heterocycles. The predicted octanol–water partition coefficient (Wildman–Crippen LogP) is 5.01. The highest BCUT2D eigenvalue weighted by Crippen LogP contribution is 2.42. The molecule has 0 aliphatic carbocycles. The lowest BCUT2D eigenvalue weighted by atomic mass is 10.0. The van der Waals surface area contributed by atoms with Gasteiger partial charge in [-0.15, -0.1) is 0 Å². The molecule has 2 amide bonds. The molecule has 0 bridgehead atoms. The standard InChI is InChI=1S/C24H26F3N5O/c1-13-9-17-21(28-11-13)20(25)23(27)32(22(17)26)24(33)31-8-7-16(12-31)29-14(2)19-10-15-5-3-4-6-18(15)30-19/h3-6,9-11,14,16,20,22-23,29-30H,7-8,12H2,1-2H3. The molecule has 0 saturated carbocycles. The van der Waals surface area contributed by atoms with E-state index in [0.29, 0.717) is 23.4 Å². The van der Waals surface area contributed by atoms with Crippen molar-refractivity contribution >= 4 is 16.9 Å². The monoisotopic (exact) mass is 457 g/mol. The van der Waals surface area contributed by atoms with Crippen LogP contribution in [-0.2, 0) is 0 Å². The highest BCUT2D eigenvalue weighted by Gasteiger charge is 2.47. The van der Waals surface area contributed by atoms with Gasteiger partial charge in [0.15, 0.2) is 6.17 Å². The Kier molecular flexibility index (Phi) is 5.52. The van der Waals surface area contributed by atoms with Gasteiger partial charge in [0, 0.05) is 48.1 Å². The number of benzene rings is 1. The average molecular weight is 458 g/mol. The quantitative estimate of drug-likeness (QED) is 0.544. The van der Waals surface area contributed by atoms with Crippen LogP contribution in [0.5, 0.6) is 0 Å². The second-order valence-electron chi connectivity index (χ2n) is 8.92. The molecule has 2 aromatic heterocycles. The summed E-state index contributed by atoms with van der Waals surface area (Å²) in [6.07, 6.45) is -4.69. The maximum absolute atomic E-state index is 15.2. The molecule has 4 heterocycles. The van der Waals surface area contributed by atoms with Crippen molar-refractivity contribution in [1.29, 1.82) is 0 Å². The number of aromatic amines is 1. The first-order valence-electron chi connectivity index (χ1n) is 11.1. The number of carbonyl (C=O) groups excluding carboxylic acids is 1. The van der Waals surface area contributed by atoms with Gasteiger partial charge in [-0.1, -0.05) is 18.2 Å². The number of fused-ring (bicyclic) bond motifs is 2. The minimum atomic E-state index is -2.42. The van der Waals surface area contributed by atoms with Gasteiger partial charge >= 0.3 is 6.03 Å². The number of aromatic nitrogens is 2. The molecule has 6 nitrogen and oxygen atoms in total. The Morgan fingerprint density at radius 3 is 2.82 bits per heavy atom. The number of likely N-dealkylation sites (tertiary alicyclic amines) is 1.